The smallest absolute Gasteiger partial charge is 0.259 e. The molecular weight excluding hydrogens is 312 g/mol. The van der Waals surface area contributed by atoms with Gasteiger partial charge in [-0.2, -0.15) is 0 Å². The lowest BCUT2D eigenvalue weighted by molar-refractivity contribution is 0.394. The summed E-state index contributed by atoms with van der Waals surface area (Å²) in [7, 11) is -1.64. The SMILES string of the molecule is CN1CCC(CNS(=O)(=O)c2c(Cl)nc3ccccn23)C1. The van der Waals surface area contributed by atoms with E-state index in [2.05, 4.69) is 14.6 Å². The highest BCUT2D eigenvalue weighted by Gasteiger charge is 2.26. The molecule has 21 heavy (non-hydrogen) atoms. The van der Waals surface area contributed by atoms with Crippen LogP contribution in [0.2, 0.25) is 5.15 Å². The van der Waals surface area contributed by atoms with Gasteiger partial charge in [-0.3, -0.25) is 4.40 Å². The fourth-order valence-corrected chi connectivity index (χ4v) is 4.43. The first-order valence-corrected chi connectivity index (χ1v) is 8.64. The van der Waals surface area contributed by atoms with E-state index in [1.807, 2.05) is 7.05 Å². The summed E-state index contributed by atoms with van der Waals surface area (Å²) in [5, 5.41) is 0.00311. The molecule has 0 aliphatic carbocycles. The molecule has 1 atom stereocenters. The second-order valence-corrected chi connectivity index (χ2v) is 7.45. The Balaban J connectivity index is 1.85. The van der Waals surface area contributed by atoms with Gasteiger partial charge in [0.1, 0.15) is 5.65 Å². The molecule has 1 fully saturated rings. The molecule has 0 amide bonds. The number of aromatic nitrogens is 2. The van der Waals surface area contributed by atoms with E-state index in [0.29, 0.717) is 18.1 Å². The quantitative estimate of drug-likeness (QED) is 0.916. The van der Waals surface area contributed by atoms with Gasteiger partial charge < -0.3 is 4.90 Å². The Labute approximate surface area is 128 Å². The largest absolute Gasteiger partial charge is 0.306 e. The minimum atomic E-state index is -3.68. The van der Waals surface area contributed by atoms with Gasteiger partial charge in [-0.05, 0) is 38.1 Å². The molecule has 0 bridgehead atoms. The summed E-state index contributed by atoms with van der Waals surface area (Å²) in [5.41, 5.74) is 0.517. The number of pyridine rings is 1. The van der Waals surface area contributed by atoms with Crippen LogP contribution in [0.4, 0.5) is 0 Å². The van der Waals surface area contributed by atoms with Gasteiger partial charge in [-0.15, -0.1) is 0 Å². The summed E-state index contributed by atoms with van der Waals surface area (Å²) in [4.78, 5) is 6.27. The number of fused-ring (bicyclic) bond motifs is 1. The van der Waals surface area contributed by atoms with Crippen molar-refractivity contribution in [1.82, 2.24) is 19.0 Å². The molecule has 8 heteroatoms. The van der Waals surface area contributed by atoms with Crippen LogP contribution in [0.15, 0.2) is 29.4 Å². The first kappa shape index (κ1) is 14.8. The van der Waals surface area contributed by atoms with Crippen LogP contribution in [0.25, 0.3) is 5.65 Å². The Morgan fingerprint density at radius 3 is 3.00 bits per heavy atom. The van der Waals surface area contributed by atoms with Crippen molar-refractivity contribution in [2.24, 2.45) is 5.92 Å². The van der Waals surface area contributed by atoms with E-state index >= 15 is 0 Å². The summed E-state index contributed by atoms with van der Waals surface area (Å²) in [6, 6.07) is 5.25. The Bertz CT molecular complexity index is 759. The maximum atomic E-state index is 12.5. The Morgan fingerprint density at radius 1 is 1.48 bits per heavy atom. The van der Waals surface area contributed by atoms with Crippen molar-refractivity contribution in [1.29, 1.82) is 0 Å². The van der Waals surface area contributed by atoms with E-state index in [-0.39, 0.29) is 10.2 Å². The third-order valence-corrected chi connectivity index (χ3v) is 5.57. The number of nitrogens with zero attached hydrogens (tertiary/aromatic N) is 3. The lowest BCUT2D eigenvalue weighted by Crippen LogP contribution is -2.31. The van der Waals surface area contributed by atoms with Crippen molar-refractivity contribution in [2.45, 2.75) is 11.4 Å². The fourth-order valence-electron chi connectivity index (χ4n) is 2.67. The van der Waals surface area contributed by atoms with Gasteiger partial charge >= 0.3 is 0 Å². The molecule has 0 spiro atoms. The maximum Gasteiger partial charge on any atom is 0.259 e. The monoisotopic (exact) mass is 328 g/mol. The molecule has 0 aromatic carbocycles. The standard InChI is InChI=1S/C13H17ClN4O2S/c1-17-7-5-10(9-17)8-15-21(19,20)13-12(14)16-11-4-2-3-6-18(11)13/h2-4,6,10,15H,5,7-9H2,1H3. The van der Waals surface area contributed by atoms with Crippen LogP contribution in [0.3, 0.4) is 0 Å². The van der Waals surface area contributed by atoms with Crippen LogP contribution in [-0.4, -0.2) is 49.4 Å². The molecule has 1 aliphatic heterocycles. The highest BCUT2D eigenvalue weighted by atomic mass is 35.5. The molecule has 2 aromatic heterocycles. The topological polar surface area (TPSA) is 66.7 Å². The molecule has 3 heterocycles. The number of nitrogens with one attached hydrogen (secondary N) is 1. The third kappa shape index (κ3) is 2.91. The zero-order chi connectivity index (χ0) is 15.0. The highest BCUT2D eigenvalue weighted by Crippen LogP contribution is 2.23. The molecule has 114 valence electrons. The number of imidazole rings is 1. The summed E-state index contributed by atoms with van der Waals surface area (Å²) in [5.74, 6) is 0.336. The third-order valence-electron chi connectivity index (χ3n) is 3.75. The molecule has 1 saturated heterocycles. The summed E-state index contributed by atoms with van der Waals surface area (Å²) in [6.07, 6.45) is 2.64. The molecule has 0 saturated carbocycles. The first-order chi connectivity index (χ1) is 9.97. The summed E-state index contributed by atoms with van der Waals surface area (Å²) < 4.78 is 29.1. The predicted octanol–water partition coefficient (Wildman–Crippen LogP) is 1.22. The number of rotatable bonds is 4. The van der Waals surface area contributed by atoms with Crippen molar-refractivity contribution in [2.75, 3.05) is 26.7 Å². The van der Waals surface area contributed by atoms with Crippen LogP contribution in [0, 0.1) is 5.92 Å². The second-order valence-electron chi connectivity index (χ2n) is 5.41. The van der Waals surface area contributed by atoms with E-state index < -0.39 is 10.0 Å². The lowest BCUT2D eigenvalue weighted by atomic mass is 10.1. The van der Waals surface area contributed by atoms with Crippen LogP contribution in [0.1, 0.15) is 6.42 Å². The maximum absolute atomic E-state index is 12.5. The Morgan fingerprint density at radius 2 is 2.29 bits per heavy atom. The first-order valence-electron chi connectivity index (χ1n) is 6.78. The highest BCUT2D eigenvalue weighted by molar-refractivity contribution is 7.89. The minimum Gasteiger partial charge on any atom is -0.306 e. The van der Waals surface area contributed by atoms with Gasteiger partial charge in [0.2, 0.25) is 0 Å². The normalized spacial score (nSPS) is 20.4. The molecule has 2 aromatic rings. The number of hydrogen-bond acceptors (Lipinski definition) is 4. The fraction of sp³-hybridized carbons (Fsp3) is 0.462. The average Bonchev–Trinajstić information content (AvgIpc) is 2.99. The molecular formula is C13H17ClN4O2S. The van der Waals surface area contributed by atoms with Gasteiger partial charge in [0.15, 0.2) is 10.2 Å². The van der Waals surface area contributed by atoms with Crippen molar-refractivity contribution in [3.8, 4) is 0 Å². The zero-order valence-corrected chi connectivity index (χ0v) is 13.2. The van der Waals surface area contributed by atoms with E-state index in [1.54, 1.807) is 24.4 Å². The summed E-state index contributed by atoms with van der Waals surface area (Å²) >= 11 is 6.01. The number of likely N-dealkylation sites (tertiary alicyclic amines) is 1. The van der Waals surface area contributed by atoms with E-state index in [9.17, 15) is 8.42 Å². The van der Waals surface area contributed by atoms with Crippen LogP contribution in [-0.2, 0) is 10.0 Å². The van der Waals surface area contributed by atoms with Crippen molar-refractivity contribution < 1.29 is 8.42 Å². The minimum absolute atomic E-state index is 0.00256. The van der Waals surface area contributed by atoms with Crippen molar-refractivity contribution >= 4 is 27.3 Å². The van der Waals surface area contributed by atoms with Crippen LogP contribution >= 0.6 is 11.6 Å². The molecule has 3 rings (SSSR count). The number of hydrogen-bond donors (Lipinski definition) is 1. The summed E-state index contributed by atoms with van der Waals surface area (Å²) in [6.45, 7) is 2.33. The van der Waals surface area contributed by atoms with E-state index in [0.717, 1.165) is 19.5 Å². The van der Waals surface area contributed by atoms with Crippen molar-refractivity contribution in [3.63, 3.8) is 0 Å². The second kappa shape index (κ2) is 5.57. The van der Waals surface area contributed by atoms with Crippen LogP contribution < -0.4 is 4.72 Å². The molecule has 1 unspecified atom stereocenters. The van der Waals surface area contributed by atoms with Crippen LogP contribution in [0.5, 0.6) is 0 Å². The van der Waals surface area contributed by atoms with Gasteiger partial charge in [-0.1, -0.05) is 17.7 Å². The lowest BCUT2D eigenvalue weighted by Gasteiger charge is -2.12. The van der Waals surface area contributed by atoms with E-state index in [1.165, 1.54) is 4.40 Å². The van der Waals surface area contributed by atoms with Crippen molar-refractivity contribution in [3.05, 3.63) is 29.5 Å². The zero-order valence-electron chi connectivity index (χ0n) is 11.7. The molecule has 6 nitrogen and oxygen atoms in total. The molecule has 1 N–H and O–H groups in total. The Kier molecular flexibility index (Phi) is 3.92. The van der Waals surface area contributed by atoms with Gasteiger partial charge in [0.25, 0.3) is 10.0 Å². The number of sulfonamides is 1. The molecule has 1 aliphatic rings. The average molecular weight is 329 g/mol. The van der Waals surface area contributed by atoms with Gasteiger partial charge in [0, 0.05) is 19.3 Å². The van der Waals surface area contributed by atoms with E-state index in [4.69, 9.17) is 11.6 Å². The van der Waals surface area contributed by atoms with Gasteiger partial charge in [-0.25, -0.2) is 18.1 Å². The number of halogens is 1. The molecule has 0 radical (unpaired) electrons. The van der Waals surface area contributed by atoms with Gasteiger partial charge in [0.05, 0.1) is 0 Å². The predicted molar refractivity (Wildman–Crippen MR) is 81.0 cm³/mol. The Hall–Kier alpha value is -1.15.